The van der Waals surface area contributed by atoms with Crippen LogP contribution in [-0.2, 0) is 20.9 Å². The lowest BCUT2D eigenvalue weighted by molar-refractivity contribution is -0.176. The highest BCUT2D eigenvalue weighted by molar-refractivity contribution is 5.90. The van der Waals surface area contributed by atoms with Gasteiger partial charge in [0.05, 0.1) is 6.61 Å². The minimum Gasteiger partial charge on any atom is -0.381 e. The van der Waals surface area contributed by atoms with Crippen LogP contribution in [-0.4, -0.2) is 31.9 Å². The van der Waals surface area contributed by atoms with E-state index in [1.807, 2.05) is 6.92 Å². The Balaban J connectivity index is 2.26. The Morgan fingerprint density at radius 3 is 2.43 bits per heavy atom. The van der Waals surface area contributed by atoms with Crippen molar-refractivity contribution in [2.75, 3.05) is 25.1 Å². The molecule has 0 spiro atoms. The number of carbonyl (C=O) groups is 1. The summed E-state index contributed by atoms with van der Waals surface area (Å²) in [6, 6.07) is 6.52. The topological polar surface area (TPSA) is 47.6 Å². The molecule has 0 heterocycles. The normalized spacial score (nSPS) is 11.5. The van der Waals surface area contributed by atoms with Crippen LogP contribution in [0.3, 0.4) is 0 Å². The first-order chi connectivity index (χ1) is 10.9. The van der Waals surface area contributed by atoms with Crippen LogP contribution in [0.4, 0.5) is 18.9 Å². The van der Waals surface area contributed by atoms with E-state index in [0.717, 1.165) is 6.42 Å². The van der Waals surface area contributed by atoms with Crippen molar-refractivity contribution in [2.24, 2.45) is 0 Å². The monoisotopic (exact) mass is 333 g/mol. The summed E-state index contributed by atoms with van der Waals surface area (Å²) in [5.41, 5.74) is 1.21. The minimum atomic E-state index is -4.32. The molecule has 130 valence electrons. The molecule has 0 radical (unpaired) electrons. The first kappa shape index (κ1) is 19.4. The summed E-state index contributed by atoms with van der Waals surface area (Å²) in [5.74, 6) is -0.119. The maximum atomic E-state index is 12.0. The molecule has 0 aliphatic heterocycles. The van der Waals surface area contributed by atoms with Gasteiger partial charge >= 0.3 is 6.18 Å². The van der Waals surface area contributed by atoms with Crippen LogP contribution < -0.4 is 5.32 Å². The summed E-state index contributed by atoms with van der Waals surface area (Å²) in [5, 5.41) is 2.73. The molecule has 1 rings (SSSR count). The third-order valence-electron chi connectivity index (χ3n) is 2.81. The molecule has 0 aromatic heterocycles. The average molecular weight is 333 g/mol. The Morgan fingerprint density at radius 1 is 1.13 bits per heavy atom. The molecule has 0 atom stereocenters. The van der Waals surface area contributed by atoms with Gasteiger partial charge in [-0.15, -0.1) is 0 Å². The lowest BCUT2D eigenvalue weighted by Crippen LogP contribution is -2.16. The van der Waals surface area contributed by atoms with Gasteiger partial charge in [0.15, 0.2) is 0 Å². The average Bonchev–Trinajstić information content (AvgIpc) is 2.47. The summed E-state index contributed by atoms with van der Waals surface area (Å²) in [6.07, 6.45) is -2.37. The van der Waals surface area contributed by atoms with Crippen molar-refractivity contribution >= 4 is 11.6 Å². The van der Waals surface area contributed by atoms with Gasteiger partial charge in [0.25, 0.3) is 0 Å². The molecule has 4 nitrogen and oxygen atoms in total. The fourth-order valence-electron chi connectivity index (χ4n) is 1.77. The second-order valence-electron chi connectivity index (χ2n) is 5.07. The third kappa shape index (κ3) is 9.91. The van der Waals surface area contributed by atoms with Crippen LogP contribution in [0.25, 0.3) is 0 Å². The van der Waals surface area contributed by atoms with E-state index in [1.54, 1.807) is 24.3 Å². The zero-order valence-electron chi connectivity index (χ0n) is 13.1. The number of nitrogens with one attached hydrogen (secondary N) is 1. The van der Waals surface area contributed by atoms with Gasteiger partial charge in [-0.05, 0) is 30.5 Å². The maximum Gasteiger partial charge on any atom is 0.411 e. The van der Waals surface area contributed by atoms with Gasteiger partial charge in [-0.3, -0.25) is 4.79 Å². The van der Waals surface area contributed by atoms with E-state index >= 15 is 0 Å². The molecule has 0 aliphatic rings. The molecule has 1 aromatic carbocycles. The van der Waals surface area contributed by atoms with Gasteiger partial charge in [-0.25, -0.2) is 0 Å². The van der Waals surface area contributed by atoms with Gasteiger partial charge < -0.3 is 14.8 Å². The summed E-state index contributed by atoms with van der Waals surface area (Å²) < 4.78 is 45.7. The summed E-state index contributed by atoms with van der Waals surface area (Å²) in [6.45, 7) is 1.87. The van der Waals surface area contributed by atoms with E-state index in [4.69, 9.17) is 4.74 Å². The van der Waals surface area contributed by atoms with Crippen molar-refractivity contribution in [3.8, 4) is 0 Å². The largest absolute Gasteiger partial charge is 0.411 e. The third-order valence-corrected chi connectivity index (χ3v) is 2.81. The first-order valence-corrected chi connectivity index (χ1v) is 7.51. The highest BCUT2D eigenvalue weighted by Crippen LogP contribution is 2.16. The quantitative estimate of drug-likeness (QED) is 0.660. The van der Waals surface area contributed by atoms with E-state index in [-0.39, 0.29) is 12.5 Å². The summed E-state index contributed by atoms with van der Waals surface area (Å²) >= 11 is 0. The first-order valence-electron chi connectivity index (χ1n) is 7.51. The Morgan fingerprint density at radius 2 is 1.83 bits per heavy atom. The number of hydrogen-bond acceptors (Lipinski definition) is 3. The number of alkyl halides is 3. The van der Waals surface area contributed by atoms with E-state index in [2.05, 4.69) is 10.1 Å². The zero-order chi connectivity index (χ0) is 17.1. The fourth-order valence-corrected chi connectivity index (χ4v) is 1.77. The Hall–Kier alpha value is -1.60. The van der Waals surface area contributed by atoms with Crippen LogP contribution >= 0.6 is 0 Å². The molecule has 0 unspecified atom stereocenters. The smallest absolute Gasteiger partial charge is 0.381 e. The Bertz CT molecular complexity index is 461. The number of halogens is 3. The molecule has 7 heteroatoms. The van der Waals surface area contributed by atoms with Gasteiger partial charge in [-0.1, -0.05) is 19.1 Å². The SMILES string of the molecule is CCCOCCCC(=O)Nc1ccc(COCC(F)(F)F)cc1. The number of hydrogen-bond donors (Lipinski definition) is 1. The standard InChI is InChI=1S/C16H22F3NO3/c1-2-9-22-10-3-4-15(21)20-14-7-5-13(6-8-14)11-23-12-16(17,18)19/h5-8H,2-4,9-12H2,1H3,(H,20,21). The van der Waals surface area contributed by atoms with E-state index in [9.17, 15) is 18.0 Å². The second-order valence-corrected chi connectivity index (χ2v) is 5.07. The number of rotatable bonds is 10. The highest BCUT2D eigenvalue weighted by atomic mass is 19.4. The maximum absolute atomic E-state index is 12.0. The molecule has 0 aliphatic carbocycles. The predicted octanol–water partition coefficient (Wildman–Crippen LogP) is 3.91. The van der Waals surface area contributed by atoms with Crippen LogP contribution in [0.1, 0.15) is 31.7 Å². The molecule has 0 fully saturated rings. The number of carbonyl (C=O) groups excluding carboxylic acids is 1. The van der Waals surface area contributed by atoms with Crippen molar-refractivity contribution in [3.05, 3.63) is 29.8 Å². The molecule has 1 aromatic rings. The summed E-state index contributed by atoms with van der Waals surface area (Å²) in [7, 11) is 0. The lowest BCUT2D eigenvalue weighted by atomic mass is 10.2. The van der Waals surface area contributed by atoms with E-state index in [0.29, 0.717) is 37.3 Å². The van der Waals surface area contributed by atoms with Crippen LogP contribution in [0.5, 0.6) is 0 Å². The van der Waals surface area contributed by atoms with Crippen molar-refractivity contribution < 1.29 is 27.4 Å². The molecular formula is C16H22F3NO3. The fraction of sp³-hybridized carbons (Fsp3) is 0.562. The van der Waals surface area contributed by atoms with Gasteiger partial charge in [0, 0.05) is 25.3 Å². The van der Waals surface area contributed by atoms with Crippen LogP contribution in [0, 0.1) is 0 Å². The number of anilines is 1. The molecule has 0 bridgehead atoms. The number of ether oxygens (including phenoxy) is 2. The molecule has 0 saturated heterocycles. The van der Waals surface area contributed by atoms with E-state index in [1.165, 1.54) is 0 Å². The Kier molecular flexibility index (Phi) is 8.65. The molecule has 1 N–H and O–H groups in total. The molecule has 0 saturated carbocycles. The number of amides is 1. The van der Waals surface area contributed by atoms with Gasteiger partial charge in [0.1, 0.15) is 6.61 Å². The number of benzene rings is 1. The predicted molar refractivity (Wildman–Crippen MR) is 81.1 cm³/mol. The van der Waals surface area contributed by atoms with Crippen LogP contribution in [0.15, 0.2) is 24.3 Å². The summed E-state index contributed by atoms with van der Waals surface area (Å²) in [4.78, 5) is 11.7. The minimum absolute atomic E-state index is 0.119. The molecule has 23 heavy (non-hydrogen) atoms. The van der Waals surface area contributed by atoms with Gasteiger partial charge in [-0.2, -0.15) is 13.2 Å². The second kappa shape index (κ2) is 10.2. The van der Waals surface area contributed by atoms with Crippen LogP contribution in [0.2, 0.25) is 0 Å². The lowest BCUT2D eigenvalue weighted by Gasteiger charge is -2.09. The van der Waals surface area contributed by atoms with Crippen molar-refractivity contribution in [1.82, 2.24) is 0 Å². The molecule has 1 amide bonds. The van der Waals surface area contributed by atoms with Crippen molar-refractivity contribution in [3.63, 3.8) is 0 Å². The zero-order valence-corrected chi connectivity index (χ0v) is 13.1. The Labute approximate surface area is 134 Å². The van der Waals surface area contributed by atoms with Crippen molar-refractivity contribution in [1.29, 1.82) is 0 Å². The highest BCUT2D eigenvalue weighted by Gasteiger charge is 2.27. The van der Waals surface area contributed by atoms with Crippen molar-refractivity contribution in [2.45, 2.75) is 39.0 Å². The molecular weight excluding hydrogens is 311 g/mol. The van der Waals surface area contributed by atoms with E-state index < -0.39 is 12.8 Å². The van der Waals surface area contributed by atoms with Gasteiger partial charge in [0.2, 0.25) is 5.91 Å².